The second-order valence-corrected chi connectivity index (χ2v) is 3.30. The maximum atomic E-state index is 11.0. The lowest BCUT2D eigenvalue weighted by Crippen LogP contribution is -2.08. The maximum absolute atomic E-state index is 11.0. The first-order valence-corrected chi connectivity index (χ1v) is 4.32. The van der Waals surface area contributed by atoms with E-state index in [0.717, 1.165) is 16.7 Å². The molecule has 0 spiro atoms. The average Bonchev–Trinajstić information content (AvgIpc) is 2.11. The van der Waals surface area contributed by atoms with E-state index in [9.17, 15) is 4.79 Å². The molecule has 0 aliphatic heterocycles. The molecule has 1 N–H and O–H groups in total. The van der Waals surface area contributed by atoms with Crippen molar-refractivity contribution in [1.82, 2.24) is 0 Å². The third-order valence-electron chi connectivity index (χ3n) is 2.07. The van der Waals surface area contributed by atoms with Crippen LogP contribution in [0.1, 0.15) is 16.7 Å². The quantitative estimate of drug-likeness (QED) is 0.759. The Morgan fingerprint density at radius 2 is 2.08 bits per heavy atom. The van der Waals surface area contributed by atoms with Gasteiger partial charge in [-0.2, -0.15) is 0 Å². The minimum atomic E-state index is -0.368. The number of carbonyl (C=O) groups excluding carboxylic acids is 1. The number of Topliss-reactive ketones (excluding diaryl/α,β-unsaturated/α-hetero) is 1. The van der Waals surface area contributed by atoms with Crippen molar-refractivity contribution in [3.63, 3.8) is 0 Å². The first kappa shape index (κ1) is 9.93. The van der Waals surface area contributed by atoms with E-state index >= 15 is 0 Å². The number of hydrogen-bond donors (Lipinski definition) is 1. The van der Waals surface area contributed by atoms with Crippen molar-refractivity contribution in [2.24, 2.45) is 0 Å². The van der Waals surface area contributed by atoms with Gasteiger partial charge in [-0.1, -0.05) is 23.8 Å². The van der Waals surface area contributed by atoms with Gasteiger partial charge in [-0.05, 0) is 25.0 Å². The Hall–Kier alpha value is -1.15. The topological polar surface area (TPSA) is 37.3 Å². The van der Waals surface area contributed by atoms with Crippen LogP contribution in [0.25, 0.3) is 0 Å². The highest BCUT2D eigenvalue weighted by Crippen LogP contribution is 2.11. The van der Waals surface area contributed by atoms with E-state index in [1.807, 2.05) is 32.0 Å². The molecule has 13 heavy (non-hydrogen) atoms. The van der Waals surface area contributed by atoms with Gasteiger partial charge in [-0.3, -0.25) is 4.79 Å². The average molecular weight is 178 g/mol. The molecule has 0 heterocycles. The molecule has 0 saturated heterocycles. The first-order valence-electron chi connectivity index (χ1n) is 4.32. The lowest BCUT2D eigenvalue weighted by molar-refractivity contribution is -0.121. The van der Waals surface area contributed by atoms with Crippen molar-refractivity contribution in [3.05, 3.63) is 34.9 Å². The number of aliphatic hydroxyl groups excluding tert-OH is 1. The molecule has 0 unspecified atom stereocenters. The van der Waals surface area contributed by atoms with Gasteiger partial charge in [-0.25, -0.2) is 0 Å². The molecule has 0 radical (unpaired) electrons. The molecule has 1 aromatic carbocycles. The van der Waals surface area contributed by atoms with Crippen LogP contribution in [0.5, 0.6) is 0 Å². The van der Waals surface area contributed by atoms with Gasteiger partial charge in [0.2, 0.25) is 0 Å². The molecule has 0 fully saturated rings. The van der Waals surface area contributed by atoms with Gasteiger partial charge in [0, 0.05) is 6.42 Å². The van der Waals surface area contributed by atoms with Gasteiger partial charge in [0.05, 0.1) is 0 Å². The Balaban J connectivity index is 2.87. The van der Waals surface area contributed by atoms with Crippen LogP contribution in [-0.4, -0.2) is 17.5 Å². The van der Waals surface area contributed by atoms with Crippen molar-refractivity contribution in [1.29, 1.82) is 0 Å². The number of rotatable bonds is 3. The molecule has 0 aliphatic rings. The van der Waals surface area contributed by atoms with E-state index in [4.69, 9.17) is 5.11 Å². The summed E-state index contributed by atoms with van der Waals surface area (Å²) in [6.45, 7) is 3.60. The van der Waals surface area contributed by atoms with Crippen molar-refractivity contribution in [2.75, 3.05) is 6.61 Å². The summed E-state index contributed by atoms with van der Waals surface area (Å²) in [5, 5.41) is 8.61. The van der Waals surface area contributed by atoms with Gasteiger partial charge in [0.25, 0.3) is 0 Å². The molecular weight excluding hydrogens is 164 g/mol. The summed E-state index contributed by atoms with van der Waals surface area (Å²) in [5.74, 6) is -0.131. The molecule has 1 aromatic rings. The Bertz CT molecular complexity index is 316. The van der Waals surface area contributed by atoms with Crippen LogP contribution in [0.3, 0.4) is 0 Å². The number of benzene rings is 1. The van der Waals surface area contributed by atoms with E-state index in [0.29, 0.717) is 6.42 Å². The van der Waals surface area contributed by atoms with Crippen LogP contribution in [-0.2, 0) is 11.2 Å². The fraction of sp³-hybridized carbons (Fsp3) is 0.364. The highest BCUT2D eigenvalue weighted by molar-refractivity contribution is 5.82. The van der Waals surface area contributed by atoms with E-state index in [2.05, 4.69) is 0 Å². The molecule has 2 nitrogen and oxygen atoms in total. The highest BCUT2D eigenvalue weighted by atomic mass is 16.3. The smallest absolute Gasteiger partial charge is 0.162 e. The van der Waals surface area contributed by atoms with Crippen LogP contribution in [0.2, 0.25) is 0 Å². The minimum Gasteiger partial charge on any atom is -0.389 e. The second-order valence-electron chi connectivity index (χ2n) is 3.30. The second kappa shape index (κ2) is 4.19. The third-order valence-corrected chi connectivity index (χ3v) is 2.07. The monoisotopic (exact) mass is 178 g/mol. The Labute approximate surface area is 78.2 Å². The summed E-state index contributed by atoms with van der Waals surface area (Å²) >= 11 is 0. The van der Waals surface area contributed by atoms with Gasteiger partial charge in [0.1, 0.15) is 6.61 Å². The Morgan fingerprint density at radius 3 is 2.69 bits per heavy atom. The Morgan fingerprint density at radius 1 is 1.38 bits per heavy atom. The van der Waals surface area contributed by atoms with Crippen LogP contribution in [0.4, 0.5) is 0 Å². The number of aryl methyl sites for hydroxylation is 2. The number of ketones is 1. The van der Waals surface area contributed by atoms with E-state index in [-0.39, 0.29) is 12.4 Å². The maximum Gasteiger partial charge on any atom is 0.162 e. The molecule has 0 saturated carbocycles. The number of carbonyl (C=O) groups is 1. The number of hydrogen-bond acceptors (Lipinski definition) is 2. The molecule has 1 rings (SSSR count). The predicted octanol–water partition coefficient (Wildman–Crippen LogP) is 1.41. The molecule has 70 valence electrons. The summed E-state index contributed by atoms with van der Waals surface area (Å²) in [6.07, 6.45) is 0.337. The highest BCUT2D eigenvalue weighted by Gasteiger charge is 2.04. The molecule has 2 heteroatoms. The summed E-state index contributed by atoms with van der Waals surface area (Å²) < 4.78 is 0. The fourth-order valence-corrected chi connectivity index (χ4v) is 1.26. The molecular formula is C11H14O2. The van der Waals surface area contributed by atoms with Crippen LogP contribution < -0.4 is 0 Å². The normalized spacial score (nSPS) is 10.1. The van der Waals surface area contributed by atoms with Gasteiger partial charge in [0.15, 0.2) is 5.78 Å². The van der Waals surface area contributed by atoms with Gasteiger partial charge in [-0.15, -0.1) is 0 Å². The third kappa shape index (κ3) is 2.67. The zero-order chi connectivity index (χ0) is 9.84. The van der Waals surface area contributed by atoms with Crippen molar-refractivity contribution in [2.45, 2.75) is 20.3 Å². The summed E-state index contributed by atoms with van der Waals surface area (Å²) in [5.41, 5.74) is 3.26. The van der Waals surface area contributed by atoms with Gasteiger partial charge < -0.3 is 5.11 Å². The van der Waals surface area contributed by atoms with Crippen LogP contribution >= 0.6 is 0 Å². The predicted molar refractivity (Wildman–Crippen MR) is 51.7 cm³/mol. The zero-order valence-electron chi connectivity index (χ0n) is 8.00. The van der Waals surface area contributed by atoms with E-state index in [1.54, 1.807) is 0 Å². The lowest BCUT2D eigenvalue weighted by Gasteiger charge is -2.04. The van der Waals surface area contributed by atoms with Crippen molar-refractivity contribution in [3.8, 4) is 0 Å². The summed E-state index contributed by atoms with van der Waals surface area (Å²) in [6, 6.07) is 6.00. The van der Waals surface area contributed by atoms with Gasteiger partial charge >= 0.3 is 0 Å². The first-order chi connectivity index (χ1) is 6.13. The fourth-order valence-electron chi connectivity index (χ4n) is 1.26. The standard InChI is InChI=1S/C11H14O2/c1-8-3-4-9(2)10(5-8)6-11(13)7-12/h3-5,12H,6-7H2,1-2H3. The largest absolute Gasteiger partial charge is 0.389 e. The lowest BCUT2D eigenvalue weighted by atomic mass is 10.0. The molecule has 0 bridgehead atoms. The molecule has 0 aromatic heterocycles. The van der Waals surface area contributed by atoms with Crippen LogP contribution in [0, 0.1) is 13.8 Å². The van der Waals surface area contributed by atoms with E-state index in [1.165, 1.54) is 0 Å². The Kier molecular flexibility index (Phi) is 3.20. The summed E-state index contributed by atoms with van der Waals surface area (Å²) in [7, 11) is 0. The molecule has 0 atom stereocenters. The molecule has 0 aliphatic carbocycles. The number of aliphatic hydroxyl groups is 1. The molecule has 0 amide bonds. The van der Waals surface area contributed by atoms with Crippen molar-refractivity contribution < 1.29 is 9.90 Å². The SMILES string of the molecule is Cc1ccc(C)c(CC(=O)CO)c1. The van der Waals surface area contributed by atoms with Crippen LogP contribution in [0.15, 0.2) is 18.2 Å². The zero-order valence-corrected chi connectivity index (χ0v) is 8.00. The summed E-state index contributed by atoms with van der Waals surface area (Å²) in [4.78, 5) is 11.0. The minimum absolute atomic E-state index is 0.131. The van der Waals surface area contributed by atoms with Crippen molar-refractivity contribution >= 4 is 5.78 Å². The van der Waals surface area contributed by atoms with E-state index < -0.39 is 0 Å².